The second-order valence-electron chi connectivity index (χ2n) is 5.30. The molecule has 0 aliphatic carbocycles. The van der Waals surface area contributed by atoms with Crippen LogP contribution in [0.5, 0.6) is 0 Å². The summed E-state index contributed by atoms with van der Waals surface area (Å²) in [6, 6.07) is 9.38. The summed E-state index contributed by atoms with van der Waals surface area (Å²) in [5.41, 5.74) is 1.74. The Balaban J connectivity index is 1.82. The van der Waals surface area contributed by atoms with E-state index in [1.165, 1.54) is 6.42 Å². The maximum atomic E-state index is 12.2. The first-order valence-corrected chi connectivity index (χ1v) is 7.22. The number of nitriles is 1. The highest BCUT2D eigenvalue weighted by Crippen LogP contribution is 2.10. The largest absolute Gasteiger partial charge is 0.341 e. The molecule has 1 aliphatic rings. The van der Waals surface area contributed by atoms with Crippen LogP contribution in [-0.4, -0.2) is 29.9 Å². The summed E-state index contributed by atoms with van der Waals surface area (Å²) in [4.78, 5) is 14.2. The second kappa shape index (κ2) is 7.06. The maximum Gasteiger partial charge on any atom is 0.239 e. The summed E-state index contributed by atoms with van der Waals surface area (Å²) in [6.45, 7) is 4.34. The van der Waals surface area contributed by atoms with Crippen LogP contribution in [0.1, 0.15) is 37.3 Å². The van der Waals surface area contributed by atoms with Crippen LogP contribution in [0.3, 0.4) is 0 Å². The van der Waals surface area contributed by atoms with Crippen molar-refractivity contribution in [2.24, 2.45) is 0 Å². The zero-order valence-corrected chi connectivity index (χ0v) is 11.9. The molecule has 1 saturated heterocycles. The van der Waals surface area contributed by atoms with Crippen molar-refractivity contribution in [3.63, 3.8) is 0 Å². The van der Waals surface area contributed by atoms with Crippen LogP contribution in [-0.2, 0) is 11.3 Å². The lowest BCUT2D eigenvalue weighted by Gasteiger charge is -2.29. The minimum atomic E-state index is -0.163. The molecule has 2 rings (SSSR count). The Morgan fingerprint density at radius 1 is 1.30 bits per heavy atom. The molecule has 1 heterocycles. The number of carbonyl (C=O) groups is 1. The van der Waals surface area contributed by atoms with Gasteiger partial charge in [-0.3, -0.25) is 4.79 Å². The van der Waals surface area contributed by atoms with Crippen LogP contribution < -0.4 is 5.32 Å². The zero-order chi connectivity index (χ0) is 14.4. The van der Waals surface area contributed by atoms with E-state index >= 15 is 0 Å². The van der Waals surface area contributed by atoms with Crippen LogP contribution in [0, 0.1) is 11.3 Å². The summed E-state index contributed by atoms with van der Waals surface area (Å²) in [5, 5.41) is 12.0. The number of piperidine rings is 1. The molecule has 1 N–H and O–H groups in total. The minimum absolute atomic E-state index is 0.163. The van der Waals surface area contributed by atoms with Gasteiger partial charge in [-0.2, -0.15) is 5.26 Å². The Morgan fingerprint density at radius 3 is 2.55 bits per heavy atom. The van der Waals surface area contributed by atoms with Gasteiger partial charge in [0.05, 0.1) is 17.7 Å². The molecule has 1 aromatic rings. The van der Waals surface area contributed by atoms with Crippen LogP contribution in [0.25, 0.3) is 0 Å². The maximum absolute atomic E-state index is 12.2. The van der Waals surface area contributed by atoms with Gasteiger partial charge in [0, 0.05) is 19.6 Å². The first kappa shape index (κ1) is 14.5. The summed E-state index contributed by atoms with van der Waals surface area (Å²) in [6.07, 6.45) is 3.47. The van der Waals surface area contributed by atoms with Gasteiger partial charge in [-0.15, -0.1) is 0 Å². The topological polar surface area (TPSA) is 56.1 Å². The molecule has 0 spiro atoms. The van der Waals surface area contributed by atoms with Crippen LogP contribution in [0.2, 0.25) is 0 Å². The quantitative estimate of drug-likeness (QED) is 0.912. The van der Waals surface area contributed by atoms with Gasteiger partial charge in [0.2, 0.25) is 5.91 Å². The molecule has 4 nitrogen and oxygen atoms in total. The van der Waals surface area contributed by atoms with Crippen molar-refractivity contribution in [3.05, 3.63) is 35.4 Å². The van der Waals surface area contributed by atoms with Crippen molar-refractivity contribution in [1.82, 2.24) is 10.2 Å². The van der Waals surface area contributed by atoms with E-state index in [0.29, 0.717) is 12.1 Å². The number of nitrogens with zero attached hydrogens (tertiary/aromatic N) is 2. The van der Waals surface area contributed by atoms with Gasteiger partial charge < -0.3 is 10.2 Å². The Labute approximate surface area is 120 Å². The van der Waals surface area contributed by atoms with E-state index in [1.807, 2.05) is 24.0 Å². The highest BCUT2D eigenvalue weighted by atomic mass is 16.2. The lowest BCUT2D eigenvalue weighted by molar-refractivity contribution is -0.133. The average Bonchev–Trinajstić information content (AvgIpc) is 2.53. The standard InChI is InChI=1S/C16H21N3O/c1-13(16(20)19-9-3-2-4-10-19)18-12-15-7-5-14(11-17)6-8-15/h5-8,13,18H,2-4,9-10,12H2,1H3/t13-/m0/s1. The third-order valence-corrected chi connectivity index (χ3v) is 3.73. The molecule has 0 bridgehead atoms. The second-order valence-corrected chi connectivity index (χ2v) is 5.30. The summed E-state index contributed by atoms with van der Waals surface area (Å²) < 4.78 is 0. The van der Waals surface area contributed by atoms with E-state index in [-0.39, 0.29) is 11.9 Å². The van der Waals surface area contributed by atoms with Gasteiger partial charge >= 0.3 is 0 Å². The molecule has 1 aromatic carbocycles. The van der Waals surface area contributed by atoms with Gasteiger partial charge in [-0.1, -0.05) is 12.1 Å². The molecule has 1 amide bonds. The van der Waals surface area contributed by atoms with E-state index < -0.39 is 0 Å². The summed E-state index contributed by atoms with van der Waals surface area (Å²) >= 11 is 0. The Hall–Kier alpha value is -1.86. The van der Waals surface area contributed by atoms with Gasteiger partial charge in [-0.05, 0) is 43.9 Å². The minimum Gasteiger partial charge on any atom is -0.341 e. The lowest BCUT2D eigenvalue weighted by atomic mass is 10.1. The van der Waals surface area contributed by atoms with E-state index in [9.17, 15) is 4.79 Å². The smallest absolute Gasteiger partial charge is 0.239 e. The van der Waals surface area contributed by atoms with Crippen molar-refractivity contribution < 1.29 is 4.79 Å². The van der Waals surface area contributed by atoms with Crippen LogP contribution in [0.4, 0.5) is 0 Å². The summed E-state index contributed by atoms with van der Waals surface area (Å²) in [5.74, 6) is 0.193. The zero-order valence-electron chi connectivity index (χ0n) is 11.9. The number of benzene rings is 1. The molecule has 20 heavy (non-hydrogen) atoms. The average molecular weight is 271 g/mol. The SMILES string of the molecule is C[C@H](NCc1ccc(C#N)cc1)C(=O)N1CCCCC1. The van der Waals surface area contributed by atoms with Crippen molar-refractivity contribution in [2.75, 3.05) is 13.1 Å². The third kappa shape index (κ3) is 3.82. The fraction of sp³-hybridized carbons (Fsp3) is 0.500. The molecular weight excluding hydrogens is 250 g/mol. The Morgan fingerprint density at radius 2 is 1.95 bits per heavy atom. The van der Waals surface area contributed by atoms with Gasteiger partial charge in [0.25, 0.3) is 0 Å². The molecule has 0 saturated carbocycles. The number of likely N-dealkylation sites (tertiary alicyclic amines) is 1. The van der Waals surface area contributed by atoms with E-state index in [1.54, 1.807) is 12.1 Å². The van der Waals surface area contributed by atoms with Crippen molar-refractivity contribution in [1.29, 1.82) is 5.26 Å². The van der Waals surface area contributed by atoms with Crippen molar-refractivity contribution in [2.45, 2.75) is 38.8 Å². The number of nitrogens with one attached hydrogen (secondary N) is 1. The van der Waals surface area contributed by atoms with Crippen molar-refractivity contribution in [3.8, 4) is 6.07 Å². The molecule has 1 aliphatic heterocycles. The third-order valence-electron chi connectivity index (χ3n) is 3.73. The van der Waals surface area contributed by atoms with Gasteiger partial charge in [-0.25, -0.2) is 0 Å². The van der Waals surface area contributed by atoms with Gasteiger partial charge in [0.15, 0.2) is 0 Å². The Kier molecular flexibility index (Phi) is 5.14. The highest BCUT2D eigenvalue weighted by molar-refractivity contribution is 5.81. The van der Waals surface area contributed by atoms with E-state index in [0.717, 1.165) is 31.5 Å². The van der Waals surface area contributed by atoms with E-state index in [4.69, 9.17) is 5.26 Å². The molecule has 0 radical (unpaired) electrons. The molecule has 1 atom stereocenters. The lowest BCUT2D eigenvalue weighted by Crippen LogP contribution is -2.46. The summed E-state index contributed by atoms with van der Waals surface area (Å²) in [7, 11) is 0. The predicted molar refractivity (Wildman–Crippen MR) is 77.9 cm³/mol. The molecule has 4 heteroatoms. The number of carbonyl (C=O) groups excluding carboxylic acids is 1. The fourth-order valence-corrected chi connectivity index (χ4v) is 2.44. The van der Waals surface area contributed by atoms with Crippen LogP contribution >= 0.6 is 0 Å². The van der Waals surface area contributed by atoms with Gasteiger partial charge in [0.1, 0.15) is 0 Å². The normalized spacial score (nSPS) is 16.5. The molecule has 106 valence electrons. The number of rotatable bonds is 4. The molecule has 0 unspecified atom stereocenters. The van der Waals surface area contributed by atoms with E-state index in [2.05, 4.69) is 11.4 Å². The molecule has 0 aromatic heterocycles. The van der Waals surface area contributed by atoms with Crippen LogP contribution in [0.15, 0.2) is 24.3 Å². The predicted octanol–water partition coefficient (Wildman–Crippen LogP) is 2.05. The monoisotopic (exact) mass is 271 g/mol. The first-order valence-electron chi connectivity index (χ1n) is 7.22. The van der Waals surface area contributed by atoms with Crippen molar-refractivity contribution >= 4 is 5.91 Å². The molecule has 1 fully saturated rings. The Bertz CT molecular complexity index is 483. The molecular formula is C16H21N3O. The first-order chi connectivity index (χ1) is 9.70. The highest BCUT2D eigenvalue weighted by Gasteiger charge is 2.21. The number of amides is 1. The number of hydrogen-bond donors (Lipinski definition) is 1. The number of hydrogen-bond acceptors (Lipinski definition) is 3. The fourth-order valence-electron chi connectivity index (χ4n) is 2.44.